The maximum absolute atomic E-state index is 12.3. The number of nitrogens with one attached hydrogen (secondary N) is 2. The number of rotatable bonds is 7. The molecule has 1 heterocycles. The molecule has 4 rings (SSSR count). The van der Waals surface area contributed by atoms with Crippen molar-refractivity contribution in [2.45, 2.75) is 25.8 Å². The van der Waals surface area contributed by atoms with Crippen LogP contribution < -0.4 is 10.6 Å². The van der Waals surface area contributed by atoms with E-state index in [1.54, 1.807) is 24.3 Å². The van der Waals surface area contributed by atoms with Gasteiger partial charge in [-0.1, -0.05) is 12.1 Å². The fourth-order valence-corrected chi connectivity index (χ4v) is 3.04. The molecule has 0 radical (unpaired) electrons. The van der Waals surface area contributed by atoms with Gasteiger partial charge in [-0.25, -0.2) is 4.98 Å². The fourth-order valence-electron chi connectivity index (χ4n) is 3.04. The summed E-state index contributed by atoms with van der Waals surface area (Å²) in [5.41, 5.74) is 3.41. The number of amides is 2. The van der Waals surface area contributed by atoms with Gasteiger partial charge in [0.1, 0.15) is 0 Å². The van der Waals surface area contributed by atoms with E-state index in [4.69, 9.17) is 0 Å². The Balaban J connectivity index is 1.24. The van der Waals surface area contributed by atoms with E-state index in [0.29, 0.717) is 12.1 Å². The zero-order valence-electron chi connectivity index (χ0n) is 15.0. The molecule has 0 atom stereocenters. The van der Waals surface area contributed by atoms with Crippen LogP contribution in [-0.4, -0.2) is 27.9 Å². The van der Waals surface area contributed by atoms with Crippen molar-refractivity contribution in [3.63, 3.8) is 0 Å². The topological polar surface area (TPSA) is 76.0 Å². The van der Waals surface area contributed by atoms with Crippen LogP contribution in [0.15, 0.2) is 54.9 Å². The first-order valence-electron chi connectivity index (χ1n) is 9.30. The summed E-state index contributed by atoms with van der Waals surface area (Å²) in [6.45, 7) is 1.39. The van der Waals surface area contributed by atoms with E-state index < -0.39 is 0 Å². The van der Waals surface area contributed by atoms with Gasteiger partial charge in [-0.15, -0.1) is 0 Å². The molecule has 2 N–H and O–H groups in total. The molecule has 1 fully saturated rings. The Hall–Kier alpha value is -3.15. The third kappa shape index (κ3) is 4.16. The first-order chi connectivity index (χ1) is 13.2. The van der Waals surface area contributed by atoms with Crippen LogP contribution in [0, 0.1) is 5.92 Å². The smallest absolute Gasteiger partial charge is 0.251 e. The summed E-state index contributed by atoms with van der Waals surface area (Å²) in [6.07, 6.45) is 4.60. The molecule has 6 heteroatoms. The predicted molar refractivity (Wildman–Crippen MR) is 104 cm³/mol. The minimum atomic E-state index is -0.106. The molecule has 0 unspecified atom stereocenters. The highest BCUT2D eigenvalue weighted by Gasteiger charge is 2.29. The van der Waals surface area contributed by atoms with E-state index in [-0.39, 0.29) is 17.7 Å². The van der Waals surface area contributed by atoms with Crippen LogP contribution in [0.2, 0.25) is 0 Å². The van der Waals surface area contributed by atoms with Gasteiger partial charge in [-0.05, 0) is 55.7 Å². The van der Waals surface area contributed by atoms with Crippen molar-refractivity contribution in [2.75, 3.05) is 11.9 Å². The summed E-state index contributed by atoms with van der Waals surface area (Å²) in [4.78, 5) is 28.4. The van der Waals surface area contributed by atoms with Crippen molar-refractivity contribution in [1.29, 1.82) is 0 Å². The maximum Gasteiger partial charge on any atom is 0.251 e. The number of carbonyl (C=O) groups excluding carboxylic acids is 2. The second kappa shape index (κ2) is 7.61. The van der Waals surface area contributed by atoms with Gasteiger partial charge in [0.25, 0.3) is 5.91 Å². The summed E-state index contributed by atoms with van der Waals surface area (Å²) >= 11 is 0. The number of hydrogen-bond donors (Lipinski definition) is 2. The third-order valence-corrected chi connectivity index (χ3v) is 4.75. The highest BCUT2D eigenvalue weighted by atomic mass is 16.2. The van der Waals surface area contributed by atoms with Crippen LogP contribution in [0.25, 0.3) is 11.0 Å². The molecule has 0 saturated heterocycles. The first kappa shape index (κ1) is 17.3. The van der Waals surface area contributed by atoms with Gasteiger partial charge < -0.3 is 15.2 Å². The summed E-state index contributed by atoms with van der Waals surface area (Å²) in [5, 5.41) is 5.81. The monoisotopic (exact) mass is 362 g/mol. The molecule has 27 heavy (non-hydrogen) atoms. The molecule has 1 aromatic heterocycles. The van der Waals surface area contributed by atoms with Gasteiger partial charge in [0, 0.05) is 30.3 Å². The Morgan fingerprint density at radius 2 is 1.85 bits per heavy atom. The minimum Gasteiger partial charge on any atom is -0.352 e. The molecule has 1 saturated carbocycles. The Morgan fingerprint density at radius 1 is 1.07 bits per heavy atom. The van der Waals surface area contributed by atoms with Crippen molar-refractivity contribution in [1.82, 2.24) is 14.9 Å². The number of anilines is 1. The number of aryl methyl sites for hydroxylation is 1. The molecule has 0 bridgehead atoms. The molecule has 0 spiro atoms. The summed E-state index contributed by atoms with van der Waals surface area (Å²) in [5.74, 6) is 0.130. The van der Waals surface area contributed by atoms with E-state index in [1.165, 1.54) is 0 Å². The molecule has 0 aliphatic heterocycles. The number of nitrogens with zero attached hydrogens (tertiary/aromatic N) is 2. The first-order valence-corrected chi connectivity index (χ1v) is 9.30. The number of imidazole rings is 1. The second-order valence-electron chi connectivity index (χ2n) is 6.88. The van der Waals surface area contributed by atoms with Crippen molar-refractivity contribution in [3.8, 4) is 0 Å². The highest BCUT2D eigenvalue weighted by molar-refractivity contribution is 5.96. The molecule has 2 amide bonds. The summed E-state index contributed by atoms with van der Waals surface area (Å²) < 4.78 is 2.10. The SMILES string of the molecule is O=C(NCCCn1cnc2ccccc21)c1ccc(NC(=O)C2CC2)cc1. The average Bonchev–Trinajstić information content (AvgIpc) is 3.47. The third-order valence-electron chi connectivity index (χ3n) is 4.75. The van der Waals surface area contributed by atoms with Crippen molar-refractivity contribution < 1.29 is 9.59 Å². The Labute approximate surface area is 157 Å². The zero-order chi connectivity index (χ0) is 18.6. The van der Waals surface area contributed by atoms with Crippen molar-refractivity contribution in [3.05, 3.63) is 60.4 Å². The van der Waals surface area contributed by atoms with Gasteiger partial charge in [0.05, 0.1) is 17.4 Å². The zero-order valence-corrected chi connectivity index (χ0v) is 15.0. The molecular weight excluding hydrogens is 340 g/mol. The number of carbonyl (C=O) groups is 2. The lowest BCUT2D eigenvalue weighted by Gasteiger charge is -2.08. The van der Waals surface area contributed by atoms with Gasteiger partial charge in [0.2, 0.25) is 5.91 Å². The second-order valence-corrected chi connectivity index (χ2v) is 6.88. The largest absolute Gasteiger partial charge is 0.352 e. The van der Waals surface area contributed by atoms with Crippen LogP contribution in [0.1, 0.15) is 29.6 Å². The Bertz CT molecular complexity index is 958. The van der Waals surface area contributed by atoms with Crippen LogP contribution in [-0.2, 0) is 11.3 Å². The Morgan fingerprint density at radius 3 is 2.63 bits per heavy atom. The van der Waals surface area contributed by atoms with Gasteiger partial charge in [-0.3, -0.25) is 9.59 Å². The lowest BCUT2D eigenvalue weighted by molar-refractivity contribution is -0.117. The molecular formula is C21H22N4O2. The lowest BCUT2D eigenvalue weighted by Crippen LogP contribution is -2.25. The average molecular weight is 362 g/mol. The quantitative estimate of drug-likeness (QED) is 0.634. The lowest BCUT2D eigenvalue weighted by atomic mass is 10.2. The van der Waals surface area contributed by atoms with Crippen LogP contribution in [0.5, 0.6) is 0 Å². The molecule has 1 aliphatic carbocycles. The van der Waals surface area contributed by atoms with Gasteiger partial charge >= 0.3 is 0 Å². The molecule has 1 aliphatic rings. The van der Waals surface area contributed by atoms with Crippen molar-refractivity contribution >= 4 is 28.5 Å². The van der Waals surface area contributed by atoms with Gasteiger partial charge in [0.15, 0.2) is 0 Å². The predicted octanol–water partition coefficient (Wildman–Crippen LogP) is 3.20. The molecule has 6 nitrogen and oxygen atoms in total. The number of para-hydroxylation sites is 2. The minimum absolute atomic E-state index is 0.0687. The van der Waals surface area contributed by atoms with Crippen molar-refractivity contribution in [2.24, 2.45) is 5.92 Å². The van der Waals surface area contributed by atoms with Gasteiger partial charge in [-0.2, -0.15) is 0 Å². The highest BCUT2D eigenvalue weighted by Crippen LogP contribution is 2.30. The number of fused-ring (bicyclic) bond motifs is 1. The van der Waals surface area contributed by atoms with Crippen LogP contribution in [0.4, 0.5) is 5.69 Å². The number of aromatic nitrogens is 2. The number of hydrogen-bond acceptors (Lipinski definition) is 3. The molecule has 3 aromatic rings. The van der Waals surface area contributed by atoms with Crippen LogP contribution >= 0.6 is 0 Å². The standard InChI is InChI=1S/C21H22N4O2/c26-20(15-8-10-17(11-9-15)24-21(27)16-6-7-16)22-12-3-13-25-14-23-18-4-1-2-5-19(18)25/h1-2,4-5,8-11,14,16H,3,6-7,12-13H2,(H,22,26)(H,24,27). The maximum atomic E-state index is 12.3. The normalized spacial score (nSPS) is 13.5. The Kier molecular flexibility index (Phi) is 4.87. The fraction of sp³-hybridized carbons (Fsp3) is 0.286. The molecule has 138 valence electrons. The van der Waals surface area contributed by atoms with E-state index >= 15 is 0 Å². The number of benzene rings is 2. The summed E-state index contributed by atoms with van der Waals surface area (Å²) in [6, 6.07) is 15.0. The molecule has 2 aromatic carbocycles. The van der Waals surface area contributed by atoms with E-state index in [9.17, 15) is 9.59 Å². The van der Waals surface area contributed by atoms with Crippen LogP contribution in [0.3, 0.4) is 0 Å². The van der Waals surface area contributed by atoms with E-state index in [0.717, 1.165) is 42.5 Å². The summed E-state index contributed by atoms with van der Waals surface area (Å²) in [7, 11) is 0. The van der Waals surface area contributed by atoms with E-state index in [1.807, 2.05) is 30.6 Å². The van der Waals surface area contributed by atoms with E-state index in [2.05, 4.69) is 20.2 Å².